The van der Waals surface area contributed by atoms with Gasteiger partial charge in [-0.1, -0.05) is 32.9 Å². The predicted molar refractivity (Wildman–Crippen MR) is 135 cm³/mol. The minimum absolute atomic E-state index is 0.0225. The molecular formula is C26H32FN5O4. The summed E-state index contributed by atoms with van der Waals surface area (Å²) in [5.41, 5.74) is 0.692. The topological polar surface area (TPSA) is 109 Å². The van der Waals surface area contributed by atoms with Crippen LogP contribution in [0.5, 0.6) is 0 Å². The number of H-pyrrole nitrogens is 1. The van der Waals surface area contributed by atoms with Crippen LogP contribution in [0.1, 0.15) is 60.8 Å². The van der Waals surface area contributed by atoms with Crippen LogP contribution in [-0.2, 0) is 11.3 Å². The van der Waals surface area contributed by atoms with Gasteiger partial charge >= 0.3 is 5.69 Å². The first-order chi connectivity index (χ1) is 17.3. The van der Waals surface area contributed by atoms with Gasteiger partial charge in [-0.15, -0.1) is 0 Å². The number of rotatable bonds is 8. The summed E-state index contributed by atoms with van der Waals surface area (Å²) in [5.74, 6) is -0.784. The molecule has 0 spiro atoms. The molecule has 1 amide bonds. The monoisotopic (exact) mass is 497 g/mol. The van der Waals surface area contributed by atoms with Crippen LogP contribution >= 0.6 is 0 Å². The van der Waals surface area contributed by atoms with Crippen molar-refractivity contribution in [2.75, 3.05) is 32.8 Å². The van der Waals surface area contributed by atoms with Crippen LogP contribution in [0.4, 0.5) is 4.39 Å². The van der Waals surface area contributed by atoms with Crippen LogP contribution in [0.2, 0.25) is 0 Å². The maximum absolute atomic E-state index is 13.6. The summed E-state index contributed by atoms with van der Waals surface area (Å²) in [5, 5.41) is 3.07. The first kappa shape index (κ1) is 25.7. The molecule has 0 radical (unpaired) electrons. The summed E-state index contributed by atoms with van der Waals surface area (Å²) in [6.45, 7) is 8.91. The van der Waals surface area contributed by atoms with Crippen molar-refractivity contribution < 1.29 is 13.9 Å². The van der Waals surface area contributed by atoms with E-state index in [0.717, 1.165) is 5.56 Å². The smallest absolute Gasteiger partial charge is 0.329 e. The number of benzene rings is 1. The number of nitrogens with one attached hydrogen (secondary N) is 2. The molecule has 4 rings (SSSR count). The molecule has 3 heterocycles. The number of carbonyl (C=O) groups is 1. The van der Waals surface area contributed by atoms with Crippen molar-refractivity contribution >= 4 is 16.9 Å². The van der Waals surface area contributed by atoms with Crippen LogP contribution in [0.25, 0.3) is 11.0 Å². The predicted octanol–water partition coefficient (Wildman–Crippen LogP) is 2.56. The van der Waals surface area contributed by atoms with Crippen molar-refractivity contribution in [3.8, 4) is 0 Å². The highest BCUT2D eigenvalue weighted by molar-refractivity contribution is 6.05. The zero-order valence-electron chi connectivity index (χ0n) is 20.8. The van der Waals surface area contributed by atoms with Gasteiger partial charge in [0.1, 0.15) is 5.82 Å². The van der Waals surface area contributed by atoms with Gasteiger partial charge in [-0.2, -0.15) is 0 Å². The Hall–Kier alpha value is -3.37. The van der Waals surface area contributed by atoms with Crippen molar-refractivity contribution in [2.45, 2.75) is 45.7 Å². The Morgan fingerprint density at radius 3 is 2.53 bits per heavy atom. The van der Waals surface area contributed by atoms with Crippen LogP contribution in [0, 0.1) is 5.82 Å². The SMILES string of the molecule is CCCn1c(=O)[nH]c(=O)c2c(C(=O)NCC(c3ccc(F)cc3)N3CCOCC3)cc(C(C)C)nc21. The van der Waals surface area contributed by atoms with Gasteiger partial charge in [-0.25, -0.2) is 14.2 Å². The fourth-order valence-electron chi connectivity index (χ4n) is 4.52. The van der Waals surface area contributed by atoms with Crippen molar-refractivity contribution in [2.24, 2.45) is 0 Å². The first-order valence-electron chi connectivity index (χ1n) is 12.3. The zero-order valence-corrected chi connectivity index (χ0v) is 20.8. The Morgan fingerprint density at radius 1 is 1.19 bits per heavy atom. The van der Waals surface area contributed by atoms with E-state index < -0.39 is 17.2 Å². The number of halogens is 1. The molecule has 1 aliphatic heterocycles. The molecule has 0 bridgehead atoms. The van der Waals surface area contributed by atoms with Gasteiger partial charge in [0, 0.05) is 31.9 Å². The fraction of sp³-hybridized carbons (Fsp3) is 0.462. The molecule has 0 saturated carbocycles. The van der Waals surface area contributed by atoms with Gasteiger partial charge in [0.05, 0.1) is 30.2 Å². The Morgan fingerprint density at radius 2 is 1.89 bits per heavy atom. The number of nitrogens with zero attached hydrogens (tertiary/aromatic N) is 3. The Bertz CT molecular complexity index is 1340. The quantitative estimate of drug-likeness (QED) is 0.495. The first-order valence-corrected chi connectivity index (χ1v) is 12.3. The third-order valence-electron chi connectivity index (χ3n) is 6.45. The summed E-state index contributed by atoms with van der Waals surface area (Å²) in [6, 6.07) is 7.67. The van der Waals surface area contributed by atoms with Gasteiger partial charge in [0.25, 0.3) is 11.5 Å². The Kier molecular flexibility index (Phi) is 7.95. The average molecular weight is 498 g/mol. The molecule has 0 aliphatic carbocycles. The van der Waals surface area contributed by atoms with E-state index >= 15 is 0 Å². The minimum atomic E-state index is -0.640. The van der Waals surface area contributed by atoms with Gasteiger partial charge in [-0.3, -0.25) is 24.0 Å². The number of ether oxygens (including phenoxy) is 1. The molecule has 9 nitrogen and oxygen atoms in total. The summed E-state index contributed by atoms with van der Waals surface area (Å²) >= 11 is 0. The second-order valence-corrected chi connectivity index (χ2v) is 9.28. The lowest BCUT2D eigenvalue weighted by molar-refractivity contribution is 0.0162. The molecule has 2 N–H and O–H groups in total. The largest absolute Gasteiger partial charge is 0.379 e. The van der Waals surface area contributed by atoms with Gasteiger partial charge in [0.15, 0.2) is 5.65 Å². The van der Waals surface area contributed by atoms with E-state index in [-0.39, 0.29) is 40.9 Å². The molecule has 1 saturated heterocycles. The molecule has 1 atom stereocenters. The average Bonchev–Trinajstić information content (AvgIpc) is 2.87. The molecule has 2 aromatic heterocycles. The molecule has 1 unspecified atom stereocenters. The van der Waals surface area contributed by atoms with Gasteiger partial charge in [-0.05, 0) is 36.1 Å². The number of hydrogen-bond donors (Lipinski definition) is 2. The van der Waals surface area contributed by atoms with Crippen LogP contribution in [0.3, 0.4) is 0 Å². The number of amides is 1. The highest BCUT2D eigenvalue weighted by Gasteiger charge is 2.25. The van der Waals surface area contributed by atoms with E-state index in [1.807, 2.05) is 20.8 Å². The van der Waals surface area contributed by atoms with Crippen LogP contribution in [-0.4, -0.2) is 58.2 Å². The van der Waals surface area contributed by atoms with E-state index in [2.05, 4.69) is 20.2 Å². The fourth-order valence-corrected chi connectivity index (χ4v) is 4.52. The summed E-state index contributed by atoms with van der Waals surface area (Å²) in [6.07, 6.45) is 0.662. The molecule has 3 aromatic rings. The van der Waals surface area contributed by atoms with E-state index in [0.29, 0.717) is 45.0 Å². The molecule has 192 valence electrons. The summed E-state index contributed by atoms with van der Waals surface area (Å²) < 4.78 is 20.5. The number of fused-ring (bicyclic) bond motifs is 1. The Labute approximate surface area is 208 Å². The molecule has 36 heavy (non-hydrogen) atoms. The standard InChI is InChI=1S/C26H32FN5O4/c1-4-9-32-23-22(25(34)30-26(32)35)19(14-20(29-23)16(2)3)24(33)28-15-21(31-10-12-36-13-11-31)17-5-7-18(27)8-6-17/h5-8,14,16,21H,4,9-13,15H2,1-3H3,(H,28,33)(H,30,34,35). The van der Waals surface area contributed by atoms with Crippen molar-refractivity contribution in [1.82, 2.24) is 24.8 Å². The lowest BCUT2D eigenvalue weighted by Gasteiger charge is -2.35. The summed E-state index contributed by atoms with van der Waals surface area (Å²) in [4.78, 5) is 48.0. The normalized spacial score (nSPS) is 15.4. The van der Waals surface area contributed by atoms with Crippen molar-refractivity contribution in [1.29, 1.82) is 0 Å². The van der Waals surface area contributed by atoms with Gasteiger partial charge < -0.3 is 10.1 Å². The lowest BCUT2D eigenvalue weighted by Crippen LogP contribution is -2.44. The lowest BCUT2D eigenvalue weighted by atomic mass is 10.0. The number of carbonyl (C=O) groups excluding carboxylic acids is 1. The maximum Gasteiger partial charge on any atom is 0.329 e. The molecule has 1 fully saturated rings. The summed E-state index contributed by atoms with van der Waals surface area (Å²) in [7, 11) is 0. The van der Waals surface area contributed by atoms with E-state index in [1.54, 1.807) is 18.2 Å². The molecule has 10 heteroatoms. The van der Waals surface area contributed by atoms with Crippen molar-refractivity contribution in [3.63, 3.8) is 0 Å². The third-order valence-corrected chi connectivity index (χ3v) is 6.45. The number of pyridine rings is 1. The number of aryl methyl sites for hydroxylation is 1. The zero-order chi connectivity index (χ0) is 25.8. The second-order valence-electron chi connectivity index (χ2n) is 9.28. The van der Waals surface area contributed by atoms with Gasteiger partial charge in [0.2, 0.25) is 0 Å². The highest BCUT2D eigenvalue weighted by atomic mass is 19.1. The third kappa shape index (κ3) is 5.39. The van der Waals surface area contributed by atoms with Crippen molar-refractivity contribution in [3.05, 3.63) is 73.8 Å². The Balaban J connectivity index is 1.72. The molecular weight excluding hydrogens is 465 g/mol. The number of aromatic amines is 1. The number of aromatic nitrogens is 3. The van der Waals surface area contributed by atoms with E-state index in [4.69, 9.17) is 4.74 Å². The van der Waals surface area contributed by atoms with Crippen LogP contribution < -0.4 is 16.6 Å². The second kappa shape index (κ2) is 11.1. The van der Waals surface area contributed by atoms with E-state index in [1.165, 1.54) is 16.7 Å². The van der Waals surface area contributed by atoms with E-state index in [9.17, 15) is 18.8 Å². The highest BCUT2D eigenvalue weighted by Crippen LogP contribution is 2.23. The molecule has 1 aliphatic rings. The number of hydrogen-bond acceptors (Lipinski definition) is 6. The minimum Gasteiger partial charge on any atom is -0.379 e. The molecule has 1 aromatic carbocycles. The number of morpholine rings is 1. The maximum atomic E-state index is 13.6. The van der Waals surface area contributed by atoms with Crippen LogP contribution in [0.15, 0.2) is 39.9 Å².